The lowest BCUT2D eigenvalue weighted by Crippen LogP contribution is -2.55. The smallest absolute Gasteiger partial charge is 0.306 e. The number of hydrogen-bond donors (Lipinski definition) is 0. The van der Waals surface area contributed by atoms with Crippen molar-refractivity contribution in [1.29, 1.82) is 0 Å². The van der Waals surface area contributed by atoms with Crippen molar-refractivity contribution in [2.24, 2.45) is 0 Å². The van der Waals surface area contributed by atoms with E-state index >= 15 is 0 Å². The standard InChI is InChI=1S/C58H97NO7/c1-6-8-10-12-14-16-18-20-22-24-26-27-28-29-31-33-35-37-39-41-43-45-47-49-57(61)66-54(52-64-51-50-55(58(62)63)59(3,4)5)53-65-56(60)48-46-44-42-40-38-36-34-32-30-25-23-21-19-17-15-13-11-9-7-2/h8-11,14-17,20-23,30,32,36,38,54-55H,6-7,12-13,18-19,24-29,31,33-35,37,39-53H2,1-5H3/b10-8+,11-9+,16-14+,17-15+,22-20+,23-21+,32-30+,38-36+. The van der Waals surface area contributed by atoms with Crippen LogP contribution in [-0.4, -0.2) is 75.5 Å². The van der Waals surface area contributed by atoms with Crippen molar-refractivity contribution in [3.8, 4) is 0 Å². The van der Waals surface area contributed by atoms with Gasteiger partial charge in [-0.05, 0) is 89.9 Å². The van der Waals surface area contributed by atoms with E-state index in [2.05, 4.69) is 111 Å². The van der Waals surface area contributed by atoms with E-state index in [9.17, 15) is 19.5 Å². The van der Waals surface area contributed by atoms with Gasteiger partial charge in [0.1, 0.15) is 12.6 Å². The minimum absolute atomic E-state index is 0.0247. The molecule has 0 aromatic rings. The number of allylic oxidation sites excluding steroid dienone is 16. The number of carboxylic acid groups (broad SMARTS) is 1. The molecule has 8 heteroatoms. The molecular weight excluding hydrogens is 823 g/mol. The summed E-state index contributed by atoms with van der Waals surface area (Å²) < 4.78 is 17.2. The Morgan fingerprint density at radius 3 is 1.20 bits per heavy atom. The Morgan fingerprint density at radius 2 is 0.803 bits per heavy atom. The molecule has 0 spiro atoms. The number of aliphatic carboxylic acids is 1. The summed E-state index contributed by atoms with van der Waals surface area (Å²) in [6, 6.07) is -0.737. The number of carboxylic acids is 1. The third-order valence-corrected chi connectivity index (χ3v) is 11.2. The minimum Gasteiger partial charge on any atom is -0.544 e. The van der Waals surface area contributed by atoms with Crippen molar-refractivity contribution < 1.29 is 38.2 Å². The van der Waals surface area contributed by atoms with Gasteiger partial charge in [-0.15, -0.1) is 0 Å². The number of carbonyl (C=O) groups excluding carboxylic acids is 3. The summed E-state index contributed by atoms with van der Waals surface area (Å²) >= 11 is 0. The van der Waals surface area contributed by atoms with Crippen LogP contribution in [0.25, 0.3) is 0 Å². The fourth-order valence-corrected chi connectivity index (χ4v) is 7.23. The van der Waals surface area contributed by atoms with Gasteiger partial charge >= 0.3 is 11.9 Å². The Balaban J connectivity index is 4.28. The number of likely N-dealkylation sites (N-methyl/N-ethyl adjacent to an activating group) is 1. The highest BCUT2D eigenvalue weighted by atomic mass is 16.6. The first-order chi connectivity index (χ1) is 32.1. The van der Waals surface area contributed by atoms with Gasteiger partial charge in [-0.1, -0.05) is 188 Å². The second-order valence-electron chi connectivity index (χ2n) is 18.3. The van der Waals surface area contributed by atoms with Crippen LogP contribution < -0.4 is 5.11 Å². The maximum absolute atomic E-state index is 12.8. The number of esters is 2. The zero-order valence-corrected chi connectivity index (χ0v) is 42.8. The van der Waals surface area contributed by atoms with Gasteiger partial charge in [0.15, 0.2) is 6.10 Å². The topological polar surface area (TPSA) is 102 Å². The van der Waals surface area contributed by atoms with Crippen LogP contribution in [0.5, 0.6) is 0 Å². The monoisotopic (exact) mass is 920 g/mol. The zero-order chi connectivity index (χ0) is 48.4. The fourth-order valence-electron chi connectivity index (χ4n) is 7.23. The normalized spacial score (nSPS) is 13.7. The molecule has 0 N–H and O–H groups in total. The van der Waals surface area contributed by atoms with Crippen LogP contribution in [0.15, 0.2) is 97.2 Å². The number of hydrogen-bond acceptors (Lipinski definition) is 7. The molecule has 2 atom stereocenters. The van der Waals surface area contributed by atoms with Crippen molar-refractivity contribution >= 4 is 17.9 Å². The van der Waals surface area contributed by atoms with Gasteiger partial charge in [-0.25, -0.2) is 0 Å². The number of carbonyl (C=O) groups is 3. The summed E-state index contributed by atoms with van der Waals surface area (Å²) in [7, 11) is 5.40. The molecule has 0 rings (SSSR count). The fraction of sp³-hybridized carbons (Fsp3) is 0.672. The second-order valence-corrected chi connectivity index (χ2v) is 18.3. The summed E-state index contributed by atoms with van der Waals surface area (Å²) in [6.07, 6.45) is 64.4. The summed E-state index contributed by atoms with van der Waals surface area (Å²) in [5, 5.41) is 11.7. The van der Waals surface area contributed by atoms with Crippen LogP contribution in [0, 0.1) is 0 Å². The number of quaternary nitrogens is 1. The molecule has 8 nitrogen and oxygen atoms in total. The predicted molar refractivity (Wildman–Crippen MR) is 277 cm³/mol. The van der Waals surface area contributed by atoms with Gasteiger partial charge in [0.25, 0.3) is 0 Å². The molecule has 0 aliphatic heterocycles. The molecule has 0 aliphatic carbocycles. The van der Waals surface area contributed by atoms with Gasteiger partial charge in [-0.2, -0.15) is 0 Å². The van der Waals surface area contributed by atoms with Crippen molar-refractivity contribution in [2.45, 2.75) is 212 Å². The number of ether oxygens (including phenoxy) is 3. The maximum atomic E-state index is 12.8. The number of unbranched alkanes of at least 4 members (excludes halogenated alkanes) is 16. The Kier molecular flexibility index (Phi) is 45.0. The summed E-state index contributed by atoms with van der Waals surface area (Å²) in [6.45, 7) is 4.41. The highest BCUT2D eigenvalue weighted by Crippen LogP contribution is 2.15. The second kappa shape index (κ2) is 47.7. The van der Waals surface area contributed by atoms with E-state index in [0.717, 1.165) is 96.3 Å². The molecule has 0 aromatic carbocycles. The molecule has 0 aromatic heterocycles. The van der Waals surface area contributed by atoms with Crippen molar-refractivity contribution in [3.63, 3.8) is 0 Å². The molecule has 66 heavy (non-hydrogen) atoms. The van der Waals surface area contributed by atoms with Gasteiger partial charge < -0.3 is 28.6 Å². The van der Waals surface area contributed by atoms with E-state index in [-0.39, 0.29) is 42.7 Å². The van der Waals surface area contributed by atoms with Crippen LogP contribution >= 0.6 is 0 Å². The molecular formula is C58H97NO7. The Labute approximate surface area is 405 Å². The van der Waals surface area contributed by atoms with Crippen molar-refractivity contribution in [2.75, 3.05) is 41.0 Å². The molecule has 0 saturated carbocycles. The van der Waals surface area contributed by atoms with Crippen LogP contribution in [0.4, 0.5) is 0 Å². The van der Waals surface area contributed by atoms with E-state index < -0.39 is 18.1 Å². The Morgan fingerprint density at radius 1 is 0.455 bits per heavy atom. The Bertz CT molecular complexity index is 1400. The summed E-state index contributed by atoms with van der Waals surface area (Å²) in [5.41, 5.74) is 0. The average Bonchev–Trinajstić information content (AvgIpc) is 3.28. The third kappa shape index (κ3) is 45.4. The zero-order valence-electron chi connectivity index (χ0n) is 42.8. The molecule has 2 unspecified atom stereocenters. The quantitative estimate of drug-likeness (QED) is 0.0259. The average molecular weight is 920 g/mol. The van der Waals surface area contributed by atoms with E-state index in [1.165, 1.54) is 70.6 Å². The lowest BCUT2D eigenvalue weighted by Gasteiger charge is -2.34. The molecule has 0 bridgehead atoms. The van der Waals surface area contributed by atoms with Gasteiger partial charge in [0, 0.05) is 19.3 Å². The maximum Gasteiger partial charge on any atom is 0.306 e. The molecule has 0 fully saturated rings. The van der Waals surface area contributed by atoms with E-state index in [1.54, 1.807) is 21.1 Å². The third-order valence-electron chi connectivity index (χ3n) is 11.2. The largest absolute Gasteiger partial charge is 0.544 e. The van der Waals surface area contributed by atoms with E-state index in [1.807, 2.05) is 0 Å². The van der Waals surface area contributed by atoms with Gasteiger partial charge in [0.2, 0.25) is 0 Å². The van der Waals surface area contributed by atoms with Crippen molar-refractivity contribution in [1.82, 2.24) is 0 Å². The van der Waals surface area contributed by atoms with Crippen LogP contribution in [0.2, 0.25) is 0 Å². The van der Waals surface area contributed by atoms with Crippen LogP contribution in [-0.2, 0) is 28.6 Å². The molecule has 376 valence electrons. The van der Waals surface area contributed by atoms with Crippen molar-refractivity contribution in [3.05, 3.63) is 97.2 Å². The van der Waals surface area contributed by atoms with Crippen LogP contribution in [0.1, 0.15) is 200 Å². The summed E-state index contributed by atoms with van der Waals surface area (Å²) in [5.74, 6) is -1.78. The number of rotatable bonds is 46. The van der Waals surface area contributed by atoms with Crippen LogP contribution in [0.3, 0.4) is 0 Å². The highest BCUT2D eigenvalue weighted by molar-refractivity contribution is 5.70. The lowest BCUT2D eigenvalue weighted by molar-refractivity contribution is -0.889. The minimum atomic E-state index is -1.13. The first-order valence-electron chi connectivity index (χ1n) is 26.3. The summed E-state index contributed by atoms with van der Waals surface area (Å²) in [4.78, 5) is 37.1. The molecule has 0 aliphatic rings. The van der Waals surface area contributed by atoms with E-state index in [4.69, 9.17) is 14.2 Å². The van der Waals surface area contributed by atoms with Gasteiger partial charge in [-0.3, -0.25) is 9.59 Å². The molecule has 0 radical (unpaired) electrons. The van der Waals surface area contributed by atoms with Gasteiger partial charge in [0.05, 0.1) is 40.3 Å². The first kappa shape index (κ1) is 62.2. The molecule has 0 heterocycles. The molecule has 0 saturated heterocycles. The molecule has 0 amide bonds. The highest BCUT2D eigenvalue weighted by Gasteiger charge is 2.25. The SMILES string of the molecule is CC/C=C/C/C=C/C/C=C/C/C=C/C/C=C/CCCCCC(=O)OCC(COCCC(C(=O)[O-])[N+](C)(C)C)OC(=O)CCCCCCCCCCCCCCC/C=C/C/C=C/C/C=C/CC. The Hall–Kier alpha value is -3.75. The number of nitrogens with zero attached hydrogens (tertiary/aromatic N) is 1. The first-order valence-corrected chi connectivity index (χ1v) is 26.3. The van der Waals surface area contributed by atoms with E-state index in [0.29, 0.717) is 12.8 Å². The lowest BCUT2D eigenvalue weighted by atomic mass is 10.0. The predicted octanol–water partition coefficient (Wildman–Crippen LogP) is 14.1.